The molecule has 18 nitrogen and oxygen atoms in total. The quantitative estimate of drug-likeness (QED) is 0.0683. The van der Waals surface area contributed by atoms with E-state index >= 15 is 0 Å². The van der Waals surface area contributed by atoms with Crippen molar-refractivity contribution in [2.45, 2.75) is 176 Å². The lowest BCUT2D eigenvalue weighted by Crippen LogP contribution is -2.61. The minimum atomic E-state index is -1.45. The molecule has 0 aromatic rings. The first kappa shape index (κ1) is 60.7. The van der Waals surface area contributed by atoms with Gasteiger partial charge in [0.1, 0.15) is 48.1 Å². The summed E-state index contributed by atoms with van der Waals surface area (Å²) in [5, 5.41) is 21.6. The minimum absolute atomic E-state index is 0.0489. The molecule has 0 aromatic carbocycles. The van der Waals surface area contributed by atoms with E-state index in [2.05, 4.69) is 21.3 Å². The number of aliphatic hydroxyl groups is 1. The predicted molar refractivity (Wildman–Crippen MR) is 254 cm³/mol. The van der Waals surface area contributed by atoms with Crippen LogP contribution >= 0.6 is 11.8 Å². The van der Waals surface area contributed by atoms with Crippen molar-refractivity contribution in [2.75, 3.05) is 46.7 Å². The van der Waals surface area contributed by atoms with Crippen LogP contribution in [0.1, 0.15) is 128 Å². The molecule has 0 unspecified atom stereocenters. The molecule has 0 radical (unpaired) electrons. The number of hydrogen-bond donors (Lipinski definition) is 5. The fourth-order valence-electron chi connectivity index (χ4n) is 7.11. The summed E-state index contributed by atoms with van der Waals surface area (Å²) >= 11 is 1.41. The average molecular weight is 941 g/mol. The lowest BCUT2D eigenvalue weighted by Gasteiger charge is -2.38. The second-order valence-electron chi connectivity index (χ2n) is 19.1. The summed E-state index contributed by atoms with van der Waals surface area (Å²) in [6.45, 7) is 20.3. The van der Waals surface area contributed by atoms with Gasteiger partial charge in [-0.15, -0.1) is 0 Å². The van der Waals surface area contributed by atoms with Crippen LogP contribution in [0, 0.1) is 17.8 Å². The summed E-state index contributed by atoms with van der Waals surface area (Å²) in [5.41, 5.74) is -1.45. The smallest absolute Gasteiger partial charge is 0.246 e. The van der Waals surface area contributed by atoms with E-state index in [0.717, 1.165) is 0 Å². The Labute approximate surface area is 393 Å². The number of hydrogen-bond acceptors (Lipinski definition) is 11. The number of rotatable bonds is 29. The zero-order chi connectivity index (χ0) is 50.7. The summed E-state index contributed by atoms with van der Waals surface area (Å²) in [6.07, 6.45) is 2.13. The maximum atomic E-state index is 14.4. The molecule has 7 atom stereocenters. The molecule has 0 bridgehead atoms. The molecule has 0 saturated carbocycles. The van der Waals surface area contributed by atoms with Gasteiger partial charge in [-0.25, -0.2) is 0 Å². The Morgan fingerprint density at radius 3 is 1.54 bits per heavy atom. The van der Waals surface area contributed by atoms with Crippen LogP contribution in [0.5, 0.6) is 0 Å². The highest BCUT2D eigenvalue weighted by molar-refractivity contribution is 7.99. The Morgan fingerprint density at radius 2 is 1.08 bits per heavy atom. The number of likely N-dealkylation sites (N-methyl/N-ethyl adjacent to an activating group) is 5. The van der Waals surface area contributed by atoms with Crippen molar-refractivity contribution in [3.63, 3.8) is 0 Å². The number of ketones is 1. The third-order valence-electron chi connectivity index (χ3n) is 11.1. The van der Waals surface area contributed by atoms with Gasteiger partial charge in [0.2, 0.25) is 47.3 Å². The molecule has 65 heavy (non-hydrogen) atoms. The molecule has 0 saturated heterocycles. The van der Waals surface area contributed by atoms with Crippen molar-refractivity contribution in [1.82, 2.24) is 40.9 Å². The van der Waals surface area contributed by atoms with Crippen molar-refractivity contribution in [1.29, 1.82) is 0 Å². The van der Waals surface area contributed by atoms with Crippen molar-refractivity contribution in [3.8, 4) is 0 Å². The molecule has 8 amide bonds. The molecular formula is C46H84N8O10S. The molecule has 0 aromatic heterocycles. The van der Waals surface area contributed by atoms with Gasteiger partial charge in [-0.05, 0) is 83.8 Å². The number of Topliss-reactive ketones (excluding diaryl/α,β-unsaturated/α-hetero) is 1. The second-order valence-corrected chi connectivity index (χ2v) is 20.3. The van der Waals surface area contributed by atoms with E-state index in [9.17, 15) is 48.3 Å². The molecule has 0 fully saturated rings. The molecule has 374 valence electrons. The van der Waals surface area contributed by atoms with Gasteiger partial charge in [0.05, 0.1) is 5.60 Å². The first-order chi connectivity index (χ1) is 29.9. The van der Waals surface area contributed by atoms with Gasteiger partial charge in [0.25, 0.3) is 0 Å². The largest absolute Gasteiger partial charge is 0.390 e. The van der Waals surface area contributed by atoms with E-state index in [1.54, 1.807) is 13.8 Å². The van der Waals surface area contributed by atoms with Gasteiger partial charge in [-0.1, -0.05) is 48.5 Å². The van der Waals surface area contributed by atoms with Gasteiger partial charge in [-0.2, -0.15) is 11.8 Å². The van der Waals surface area contributed by atoms with E-state index in [4.69, 9.17) is 0 Å². The van der Waals surface area contributed by atoms with Crippen molar-refractivity contribution < 1.29 is 48.3 Å². The average Bonchev–Trinajstić information content (AvgIpc) is 3.21. The van der Waals surface area contributed by atoms with E-state index in [-0.39, 0.29) is 54.4 Å². The third kappa shape index (κ3) is 20.8. The highest BCUT2D eigenvalue weighted by atomic mass is 32.2. The lowest BCUT2D eigenvalue weighted by molar-refractivity contribution is -0.149. The Kier molecular flexibility index (Phi) is 26.8. The number of carbonyl (C=O) groups is 9. The van der Waals surface area contributed by atoms with Crippen LogP contribution in [0.15, 0.2) is 0 Å². The van der Waals surface area contributed by atoms with Gasteiger partial charge in [0, 0.05) is 60.3 Å². The Hall–Kier alpha value is -4.26. The van der Waals surface area contributed by atoms with Gasteiger partial charge >= 0.3 is 0 Å². The normalized spacial score (nSPS) is 14.8. The number of thioether (sulfide) groups is 1. The van der Waals surface area contributed by atoms with Crippen molar-refractivity contribution in [3.05, 3.63) is 0 Å². The van der Waals surface area contributed by atoms with Gasteiger partial charge < -0.3 is 50.8 Å². The lowest BCUT2D eigenvalue weighted by atomic mass is 9.95. The molecule has 5 N–H and O–H groups in total. The summed E-state index contributed by atoms with van der Waals surface area (Å²) in [5.74, 6) is -3.94. The number of carbonyl (C=O) groups excluding carboxylic acids is 9. The molecule has 0 heterocycles. The Morgan fingerprint density at radius 1 is 0.600 bits per heavy atom. The van der Waals surface area contributed by atoms with E-state index < -0.39 is 89.3 Å². The topological polar surface area (TPSA) is 235 Å². The zero-order valence-electron chi connectivity index (χ0n) is 42.5. The van der Waals surface area contributed by atoms with Crippen LogP contribution in [0.3, 0.4) is 0 Å². The predicted octanol–water partition coefficient (Wildman–Crippen LogP) is 2.35. The minimum Gasteiger partial charge on any atom is -0.390 e. The number of nitrogens with zero attached hydrogens (tertiary/aromatic N) is 4. The Bertz CT molecular complexity index is 1620. The first-order valence-corrected chi connectivity index (χ1v) is 24.1. The molecule has 0 spiro atoms. The van der Waals surface area contributed by atoms with Crippen LogP contribution in [-0.4, -0.2) is 172 Å². The van der Waals surface area contributed by atoms with Crippen LogP contribution in [0.4, 0.5) is 0 Å². The molecular weight excluding hydrogens is 857 g/mol. The molecule has 19 heteroatoms. The fraction of sp³-hybridized carbons (Fsp3) is 0.804. The van der Waals surface area contributed by atoms with Gasteiger partial charge in [-0.3, -0.25) is 38.4 Å². The maximum Gasteiger partial charge on any atom is 0.246 e. The monoisotopic (exact) mass is 941 g/mol. The Balaban J connectivity index is 6.48. The van der Waals surface area contributed by atoms with E-state index in [1.165, 1.54) is 101 Å². The molecule has 0 rings (SSSR count). The van der Waals surface area contributed by atoms with E-state index in [0.29, 0.717) is 31.4 Å². The van der Waals surface area contributed by atoms with Crippen LogP contribution in [0.2, 0.25) is 0 Å². The van der Waals surface area contributed by atoms with Crippen molar-refractivity contribution >= 4 is 64.8 Å². The van der Waals surface area contributed by atoms with Crippen LogP contribution in [-0.2, 0) is 43.2 Å². The summed E-state index contributed by atoms with van der Waals surface area (Å²) in [7, 11) is 7.37. The molecule has 0 aliphatic heterocycles. The van der Waals surface area contributed by atoms with Crippen LogP contribution in [0.25, 0.3) is 0 Å². The summed E-state index contributed by atoms with van der Waals surface area (Å²) in [6, 6.07) is -7.46. The van der Waals surface area contributed by atoms with Crippen LogP contribution < -0.4 is 21.3 Å². The third-order valence-corrected chi connectivity index (χ3v) is 12.2. The summed E-state index contributed by atoms with van der Waals surface area (Å²) < 4.78 is 0. The molecule has 0 aliphatic carbocycles. The fourth-order valence-corrected chi connectivity index (χ4v) is 8.21. The SMILES string of the molecule is CCCC(=O)N(C)[C@H](CSCCCC(C)=O)C(=O)N(C)[C@@H](CC(C)(C)O)C(=O)N[C@H](C(=O)N(C)[C@@H](CC(C)C)C(=O)N[C@@H](C)C(=O)N[C@H](C)C(=O)N(C)[C@@H](CC(C)C)C(=O)NC)C(C)C. The zero-order valence-corrected chi connectivity index (χ0v) is 43.3. The number of amides is 8. The highest BCUT2D eigenvalue weighted by Crippen LogP contribution is 2.22. The maximum absolute atomic E-state index is 14.4. The molecule has 0 aliphatic rings. The van der Waals surface area contributed by atoms with Crippen molar-refractivity contribution in [2.24, 2.45) is 17.8 Å². The first-order valence-electron chi connectivity index (χ1n) is 22.9. The summed E-state index contributed by atoms with van der Waals surface area (Å²) in [4.78, 5) is 126. The van der Waals surface area contributed by atoms with E-state index in [1.807, 2.05) is 34.6 Å². The highest BCUT2D eigenvalue weighted by Gasteiger charge is 2.41. The standard InChI is InChI=1S/C46H84N8O10S/c1-18-20-37(56)51(14)36(26-65-22-19-21-30(8)55)44(62)54(17)35(25-46(11,12)64)42(60)50-38(29(6)7)45(63)53(16)34(24-28(4)5)41(59)48-31(9)39(57)49-32(10)43(61)52(15)33(23-27(2)3)40(58)47-13/h27-29,31-36,38,64H,18-26H2,1-17H3,(H,47,58)(H,48,59)(H,49,57)(H,50,60)/t31-,32+,33-,34-,35-,36+,38-/m0/s1. The van der Waals surface area contributed by atoms with Gasteiger partial charge in [0.15, 0.2) is 0 Å². The number of nitrogens with one attached hydrogen (secondary N) is 4. The second kappa shape index (κ2) is 28.7.